The lowest BCUT2D eigenvalue weighted by Gasteiger charge is -2.37. The van der Waals surface area contributed by atoms with Crippen molar-refractivity contribution in [1.29, 1.82) is 0 Å². The maximum atomic E-state index is 2.40. The van der Waals surface area contributed by atoms with Crippen molar-refractivity contribution in [2.45, 2.75) is 33.6 Å². The van der Waals surface area contributed by atoms with Crippen LogP contribution in [0.5, 0.6) is 0 Å². The highest BCUT2D eigenvalue weighted by Crippen LogP contribution is 2.04. The van der Waals surface area contributed by atoms with Crippen LogP contribution in [0.4, 0.5) is 0 Å². The Hall–Kier alpha value is -0.0151. The van der Waals surface area contributed by atoms with Crippen LogP contribution in [0.3, 0.4) is 0 Å². The quantitative estimate of drug-likeness (QED) is 0.546. The molecule has 0 spiro atoms. The Morgan fingerprint density at radius 3 is 2.25 bits per heavy atom. The van der Waals surface area contributed by atoms with Crippen LogP contribution in [0.25, 0.3) is 0 Å². The van der Waals surface area contributed by atoms with E-state index in [4.69, 9.17) is 0 Å². The van der Waals surface area contributed by atoms with E-state index in [2.05, 4.69) is 37.9 Å². The molecule has 2 nitrogen and oxygen atoms in total. The second-order valence-corrected chi connectivity index (χ2v) is 3.08. The van der Waals surface area contributed by atoms with Crippen LogP contribution in [0, 0.1) is 0 Å². The Kier molecular flexibility index (Phi) is 6.49. The van der Waals surface area contributed by atoms with E-state index in [9.17, 15) is 0 Å². The molecule has 1 atom stereocenters. The van der Waals surface area contributed by atoms with Gasteiger partial charge in [-0.05, 0) is 20.5 Å². The maximum Gasteiger partial charge on any atom is 0.205 e. The highest BCUT2D eigenvalue weighted by Gasteiger charge is 2.18. The molecule has 1 aliphatic rings. The van der Waals surface area contributed by atoms with E-state index in [-0.39, 0.29) is 0 Å². The molecule has 1 fully saturated rings. The fourth-order valence-electron chi connectivity index (χ4n) is 1.31. The maximum absolute atomic E-state index is 2.40. The largest absolute Gasteiger partial charge is 0.344 e. The van der Waals surface area contributed by atoms with Gasteiger partial charge < -0.3 is 9.71 Å². The Bertz CT molecular complexity index is 109. The summed E-state index contributed by atoms with van der Waals surface area (Å²) in [7, 11) is 4.38. The van der Waals surface area contributed by atoms with E-state index in [0.29, 0.717) is 6.04 Å². The van der Waals surface area contributed by atoms with Crippen LogP contribution in [0.15, 0.2) is 0 Å². The summed E-state index contributed by atoms with van der Waals surface area (Å²) in [6, 6.07) is 0.713. The first-order valence-corrected chi connectivity index (χ1v) is 4.98. The van der Waals surface area contributed by atoms with Gasteiger partial charge in [0.15, 0.2) is 0 Å². The van der Waals surface area contributed by atoms with Crippen molar-refractivity contribution < 1.29 is 0 Å². The minimum Gasteiger partial charge on any atom is -0.344 e. The SMILES string of the molecule is CC.C[B]N1CCN(C)C(C)C1. The van der Waals surface area contributed by atoms with Crippen molar-refractivity contribution in [2.24, 2.45) is 0 Å². The summed E-state index contributed by atoms with van der Waals surface area (Å²) >= 11 is 0. The molecule has 1 heterocycles. The number of piperazine rings is 1. The van der Waals surface area contributed by atoms with E-state index >= 15 is 0 Å². The molecule has 0 bridgehead atoms. The van der Waals surface area contributed by atoms with Gasteiger partial charge in [0, 0.05) is 19.1 Å². The normalized spacial score (nSPS) is 25.9. The minimum absolute atomic E-state index is 0.713. The first-order valence-electron chi connectivity index (χ1n) is 4.98. The van der Waals surface area contributed by atoms with Crippen LogP contribution in [0.1, 0.15) is 20.8 Å². The predicted molar refractivity (Wildman–Crippen MR) is 56.6 cm³/mol. The molecule has 12 heavy (non-hydrogen) atoms. The van der Waals surface area contributed by atoms with E-state index in [0.717, 1.165) is 0 Å². The third-order valence-corrected chi connectivity index (χ3v) is 2.36. The minimum atomic E-state index is 0.713. The van der Waals surface area contributed by atoms with Gasteiger partial charge in [-0.2, -0.15) is 0 Å². The third-order valence-electron chi connectivity index (χ3n) is 2.36. The highest BCUT2D eigenvalue weighted by atomic mass is 15.2. The fourth-order valence-corrected chi connectivity index (χ4v) is 1.31. The topological polar surface area (TPSA) is 6.48 Å². The van der Waals surface area contributed by atoms with Crippen molar-refractivity contribution in [3.8, 4) is 0 Å². The van der Waals surface area contributed by atoms with Crippen molar-refractivity contribution in [3.05, 3.63) is 0 Å². The van der Waals surface area contributed by atoms with Crippen LogP contribution < -0.4 is 0 Å². The van der Waals surface area contributed by atoms with Crippen LogP contribution in [-0.2, 0) is 0 Å². The number of hydrogen-bond acceptors (Lipinski definition) is 2. The monoisotopic (exact) mass is 169 g/mol. The molecule has 0 saturated carbocycles. The van der Waals surface area contributed by atoms with Gasteiger partial charge in [-0.15, -0.1) is 0 Å². The van der Waals surface area contributed by atoms with E-state index in [1.807, 2.05) is 13.8 Å². The molecule has 1 radical (unpaired) electrons. The average molecular weight is 169 g/mol. The zero-order valence-electron chi connectivity index (χ0n) is 9.17. The first-order chi connectivity index (χ1) is 5.74. The van der Waals surface area contributed by atoms with Gasteiger partial charge in [0.05, 0.1) is 0 Å². The lowest BCUT2D eigenvalue weighted by molar-refractivity contribution is 0.160. The lowest BCUT2D eigenvalue weighted by Crippen LogP contribution is -2.50. The van der Waals surface area contributed by atoms with Gasteiger partial charge >= 0.3 is 0 Å². The molecule has 0 aromatic heterocycles. The Morgan fingerprint density at radius 1 is 1.25 bits per heavy atom. The fraction of sp³-hybridized carbons (Fsp3) is 1.00. The molecule has 0 amide bonds. The number of hydrogen-bond donors (Lipinski definition) is 0. The Balaban J connectivity index is 0.000000561. The smallest absolute Gasteiger partial charge is 0.205 e. The molecule has 71 valence electrons. The Labute approximate surface area is 78.2 Å². The summed E-state index contributed by atoms with van der Waals surface area (Å²) in [5.41, 5.74) is 0. The molecule has 0 N–H and O–H groups in total. The van der Waals surface area contributed by atoms with Gasteiger partial charge in [0.2, 0.25) is 7.41 Å². The molecule has 1 unspecified atom stereocenters. The zero-order valence-corrected chi connectivity index (χ0v) is 9.17. The van der Waals surface area contributed by atoms with E-state index < -0.39 is 0 Å². The molecule has 0 aromatic rings. The van der Waals surface area contributed by atoms with E-state index in [1.54, 1.807) is 0 Å². The van der Waals surface area contributed by atoms with Crippen molar-refractivity contribution >= 4 is 7.41 Å². The van der Waals surface area contributed by atoms with Gasteiger partial charge in [-0.3, -0.25) is 0 Å². The third kappa shape index (κ3) is 3.59. The molecule has 0 aromatic carbocycles. The second-order valence-electron chi connectivity index (χ2n) is 3.08. The number of nitrogens with zero attached hydrogens (tertiary/aromatic N) is 2. The highest BCUT2D eigenvalue weighted by molar-refractivity contribution is 6.29. The first kappa shape index (κ1) is 12.0. The number of rotatable bonds is 1. The second kappa shape index (κ2) is 6.50. The van der Waals surface area contributed by atoms with Crippen LogP contribution in [0.2, 0.25) is 6.82 Å². The molecular formula is C9H22BN2. The van der Waals surface area contributed by atoms with Gasteiger partial charge in [-0.25, -0.2) is 0 Å². The van der Waals surface area contributed by atoms with Crippen molar-refractivity contribution in [1.82, 2.24) is 9.71 Å². The summed E-state index contributed by atoms with van der Waals surface area (Å²) in [5, 5.41) is 0. The predicted octanol–water partition coefficient (Wildman–Crippen LogP) is 1.32. The molecule has 1 saturated heterocycles. The Morgan fingerprint density at radius 2 is 1.83 bits per heavy atom. The molecular weight excluding hydrogens is 147 g/mol. The summed E-state index contributed by atoms with van der Waals surface area (Å²) in [5.74, 6) is 0. The van der Waals surface area contributed by atoms with Crippen molar-refractivity contribution in [3.63, 3.8) is 0 Å². The van der Waals surface area contributed by atoms with Gasteiger partial charge in [0.1, 0.15) is 0 Å². The summed E-state index contributed by atoms with van der Waals surface area (Å²) in [6.45, 7) is 12.0. The summed E-state index contributed by atoms with van der Waals surface area (Å²) in [4.78, 5) is 4.78. The van der Waals surface area contributed by atoms with Gasteiger partial charge in [-0.1, -0.05) is 20.7 Å². The zero-order chi connectivity index (χ0) is 9.56. The van der Waals surface area contributed by atoms with Crippen LogP contribution >= 0.6 is 0 Å². The summed E-state index contributed by atoms with van der Waals surface area (Å²) in [6.07, 6.45) is 0. The molecule has 3 heteroatoms. The average Bonchev–Trinajstić information content (AvgIpc) is 2.13. The molecule has 1 aliphatic heterocycles. The molecule has 1 rings (SSSR count). The number of likely N-dealkylation sites (N-methyl/N-ethyl adjacent to an activating group) is 1. The summed E-state index contributed by atoms with van der Waals surface area (Å²) < 4.78 is 0. The van der Waals surface area contributed by atoms with Gasteiger partial charge in [0.25, 0.3) is 0 Å². The van der Waals surface area contributed by atoms with Crippen LogP contribution in [-0.4, -0.2) is 49.8 Å². The standard InChI is InChI=1S/C7H16BN2.C2H6/c1-7-6-10(8-2)5-4-9(7)3;1-2/h7H,4-6H2,1-3H3;1-2H3. The lowest BCUT2D eigenvalue weighted by atomic mass is 9.93. The van der Waals surface area contributed by atoms with Crippen molar-refractivity contribution in [2.75, 3.05) is 26.7 Å². The van der Waals surface area contributed by atoms with E-state index in [1.165, 1.54) is 19.6 Å². The molecule has 0 aliphatic carbocycles.